The van der Waals surface area contributed by atoms with Gasteiger partial charge in [-0.1, -0.05) is 42.5 Å². The monoisotopic (exact) mass is 547 g/mol. The minimum absolute atomic E-state index is 0.825. The van der Waals surface area contributed by atoms with Crippen molar-refractivity contribution in [1.82, 2.24) is 23.8 Å². The van der Waals surface area contributed by atoms with E-state index in [2.05, 4.69) is 141 Å². The number of fused-ring (bicyclic) bond motifs is 5. The highest BCUT2D eigenvalue weighted by molar-refractivity contribution is 5.95. The first kappa shape index (κ1) is 24.3. The van der Waals surface area contributed by atoms with Crippen molar-refractivity contribution in [2.75, 3.05) is 23.5 Å². The molecule has 0 saturated heterocycles. The van der Waals surface area contributed by atoms with Crippen LogP contribution in [0.1, 0.15) is 5.56 Å². The molecule has 0 unspecified atom stereocenters. The lowest BCUT2D eigenvalue weighted by molar-refractivity contribution is 0.496. The fourth-order valence-electron chi connectivity index (χ4n) is 5.98. The van der Waals surface area contributed by atoms with Crippen LogP contribution >= 0.6 is 0 Å². The van der Waals surface area contributed by atoms with Gasteiger partial charge < -0.3 is 14.7 Å². The van der Waals surface area contributed by atoms with Crippen molar-refractivity contribution >= 4 is 50.6 Å². The smallest absolute Gasteiger partial charge is 0.221 e. The molecule has 0 amide bonds. The molecule has 204 valence electrons. The molecule has 1 aliphatic rings. The van der Waals surface area contributed by atoms with Crippen LogP contribution in [0, 0.1) is 6.92 Å². The van der Waals surface area contributed by atoms with Gasteiger partial charge in [-0.3, -0.25) is 8.97 Å². The fraction of sp³-hybridized carbons (Fsp3) is 0.0857. The molecule has 7 aromatic rings. The summed E-state index contributed by atoms with van der Waals surface area (Å²) in [5.74, 6) is 1.68. The van der Waals surface area contributed by atoms with Crippen molar-refractivity contribution in [2.45, 2.75) is 6.92 Å². The Morgan fingerprint density at radius 1 is 0.690 bits per heavy atom. The Balaban J connectivity index is 1.37. The summed E-state index contributed by atoms with van der Waals surface area (Å²) in [5, 5.41) is 0. The second-order valence-corrected chi connectivity index (χ2v) is 10.7. The van der Waals surface area contributed by atoms with Gasteiger partial charge in [0, 0.05) is 48.4 Å². The molecule has 0 saturated carbocycles. The van der Waals surface area contributed by atoms with E-state index in [1.807, 2.05) is 24.4 Å². The van der Waals surface area contributed by atoms with Crippen LogP contribution in [0.15, 0.2) is 128 Å². The minimum atomic E-state index is 0.825. The lowest BCUT2D eigenvalue weighted by atomic mass is 10.1. The van der Waals surface area contributed by atoms with Gasteiger partial charge in [-0.2, -0.15) is 0 Å². The van der Waals surface area contributed by atoms with Crippen LogP contribution in [0.4, 0.5) is 22.7 Å². The number of rotatable bonds is 5. The Kier molecular flexibility index (Phi) is 5.50. The van der Waals surface area contributed by atoms with Crippen molar-refractivity contribution in [3.8, 4) is 5.82 Å². The normalized spacial score (nSPS) is 13.2. The van der Waals surface area contributed by atoms with E-state index in [9.17, 15) is 0 Å². The van der Waals surface area contributed by atoms with E-state index in [1.165, 1.54) is 0 Å². The van der Waals surface area contributed by atoms with Gasteiger partial charge in [-0.05, 0) is 79.2 Å². The van der Waals surface area contributed by atoms with Crippen LogP contribution in [0.25, 0.3) is 33.7 Å². The molecule has 8 rings (SSSR count). The summed E-state index contributed by atoms with van der Waals surface area (Å²) in [4.78, 5) is 16.6. The van der Waals surface area contributed by atoms with Gasteiger partial charge in [0.05, 0.1) is 28.7 Å². The number of aromatic nitrogens is 4. The summed E-state index contributed by atoms with van der Waals surface area (Å²) in [7, 11) is 2.09. The maximum Gasteiger partial charge on any atom is 0.221 e. The van der Waals surface area contributed by atoms with E-state index in [0.29, 0.717) is 0 Å². The fourth-order valence-corrected chi connectivity index (χ4v) is 5.98. The Hall–Kier alpha value is -5.56. The zero-order valence-corrected chi connectivity index (χ0v) is 23.5. The average molecular weight is 548 g/mol. The molecule has 7 heteroatoms. The van der Waals surface area contributed by atoms with E-state index in [-0.39, 0.29) is 0 Å². The SMILES string of the molecule is Cc1cccc2c1nc1n(-c3ccccn3)c3cc(N(c4ccccc4)c4cccc(N5C=CN(C)C5)c4)ccc3n21. The van der Waals surface area contributed by atoms with Crippen molar-refractivity contribution in [1.29, 1.82) is 0 Å². The maximum absolute atomic E-state index is 5.14. The van der Waals surface area contributed by atoms with Crippen molar-refractivity contribution in [3.05, 3.63) is 133 Å². The summed E-state index contributed by atoms with van der Waals surface area (Å²) >= 11 is 0. The molecular formula is C35H29N7. The highest BCUT2D eigenvalue weighted by Gasteiger charge is 2.21. The predicted molar refractivity (Wildman–Crippen MR) is 171 cm³/mol. The van der Waals surface area contributed by atoms with Gasteiger partial charge in [0.25, 0.3) is 0 Å². The Morgan fingerprint density at radius 2 is 1.50 bits per heavy atom. The first-order chi connectivity index (χ1) is 20.7. The van der Waals surface area contributed by atoms with Crippen LogP contribution in [0.5, 0.6) is 0 Å². The Morgan fingerprint density at radius 3 is 2.31 bits per heavy atom. The zero-order chi connectivity index (χ0) is 28.2. The predicted octanol–water partition coefficient (Wildman–Crippen LogP) is 7.79. The molecule has 0 spiro atoms. The summed E-state index contributed by atoms with van der Waals surface area (Å²) in [6.45, 7) is 2.94. The number of hydrogen-bond acceptors (Lipinski definition) is 5. The van der Waals surface area contributed by atoms with Crippen LogP contribution in [-0.2, 0) is 0 Å². The Bertz CT molecular complexity index is 2110. The minimum Gasteiger partial charge on any atom is -0.361 e. The third-order valence-electron chi connectivity index (χ3n) is 7.96. The summed E-state index contributed by atoms with van der Waals surface area (Å²) in [5.41, 5.74) is 9.75. The first-order valence-electron chi connectivity index (χ1n) is 14.1. The van der Waals surface area contributed by atoms with Gasteiger partial charge in [0.2, 0.25) is 5.78 Å². The maximum atomic E-state index is 5.14. The number of pyridine rings is 1. The number of nitrogens with zero attached hydrogens (tertiary/aromatic N) is 7. The molecule has 0 radical (unpaired) electrons. The highest BCUT2D eigenvalue weighted by Crippen LogP contribution is 2.39. The number of aryl methyl sites for hydroxylation is 1. The molecule has 3 aromatic heterocycles. The van der Waals surface area contributed by atoms with Gasteiger partial charge in [-0.25, -0.2) is 9.97 Å². The third kappa shape index (κ3) is 3.82. The van der Waals surface area contributed by atoms with E-state index in [1.54, 1.807) is 0 Å². The summed E-state index contributed by atoms with van der Waals surface area (Å²) in [6, 6.07) is 38.3. The molecule has 0 fully saturated rings. The van der Waals surface area contributed by atoms with Gasteiger partial charge >= 0.3 is 0 Å². The van der Waals surface area contributed by atoms with Crippen LogP contribution in [0.2, 0.25) is 0 Å². The molecule has 4 heterocycles. The van der Waals surface area contributed by atoms with Gasteiger partial charge in [0.15, 0.2) is 0 Å². The van der Waals surface area contributed by atoms with Crippen molar-refractivity contribution in [2.24, 2.45) is 0 Å². The quantitative estimate of drug-likeness (QED) is 0.220. The summed E-state index contributed by atoms with van der Waals surface area (Å²) < 4.78 is 4.42. The molecule has 0 aliphatic carbocycles. The average Bonchev–Trinajstić information content (AvgIpc) is 3.72. The van der Waals surface area contributed by atoms with Crippen LogP contribution in [-0.4, -0.2) is 37.6 Å². The number of para-hydroxylation sites is 2. The van der Waals surface area contributed by atoms with Crippen LogP contribution < -0.4 is 9.80 Å². The molecule has 0 N–H and O–H groups in total. The highest BCUT2D eigenvalue weighted by atomic mass is 15.3. The van der Waals surface area contributed by atoms with E-state index < -0.39 is 0 Å². The molecule has 4 aromatic carbocycles. The molecule has 1 aliphatic heterocycles. The zero-order valence-electron chi connectivity index (χ0n) is 23.5. The number of anilines is 4. The van der Waals surface area contributed by atoms with Crippen molar-refractivity contribution < 1.29 is 0 Å². The molecule has 0 atom stereocenters. The Labute approximate surface area is 243 Å². The summed E-state index contributed by atoms with van der Waals surface area (Å²) in [6.07, 6.45) is 6.06. The lowest BCUT2D eigenvalue weighted by Gasteiger charge is -2.27. The third-order valence-corrected chi connectivity index (χ3v) is 7.96. The second-order valence-electron chi connectivity index (χ2n) is 10.7. The van der Waals surface area contributed by atoms with Crippen LogP contribution in [0.3, 0.4) is 0 Å². The van der Waals surface area contributed by atoms with E-state index in [4.69, 9.17) is 9.97 Å². The lowest BCUT2D eigenvalue weighted by Crippen LogP contribution is -2.21. The largest absolute Gasteiger partial charge is 0.361 e. The molecule has 7 nitrogen and oxygen atoms in total. The first-order valence-corrected chi connectivity index (χ1v) is 14.1. The van der Waals surface area contributed by atoms with E-state index >= 15 is 0 Å². The second kappa shape index (κ2) is 9.52. The molecule has 0 bridgehead atoms. The molecule has 42 heavy (non-hydrogen) atoms. The number of benzene rings is 4. The van der Waals surface area contributed by atoms with E-state index in [0.717, 1.165) is 68.6 Å². The number of hydrogen-bond donors (Lipinski definition) is 0. The van der Waals surface area contributed by atoms with Crippen molar-refractivity contribution in [3.63, 3.8) is 0 Å². The number of imidazole rings is 2. The topological polar surface area (TPSA) is 44.8 Å². The standard InChI is InChI=1S/C35H29N7/c1-25-10-8-15-31-34(25)37-35-41(31)30-18-17-29(23-32(30)42(35)33-16-6-7-19-36-33)40(26-11-4-3-5-12-26)28-14-9-13-27(22-28)39-21-20-38(2)24-39/h3-23H,24H2,1-2H3. The van der Waals surface area contributed by atoms with Gasteiger partial charge in [-0.15, -0.1) is 0 Å². The van der Waals surface area contributed by atoms with Gasteiger partial charge in [0.1, 0.15) is 5.82 Å². The molecular weight excluding hydrogens is 518 g/mol.